The van der Waals surface area contributed by atoms with Gasteiger partial charge in [0.15, 0.2) is 0 Å². The molecule has 1 atom stereocenters. The number of piperazine rings is 1. The molecule has 0 bridgehead atoms. The molecule has 0 aromatic rings. The molecule has 0 radical (unpaired) electrons. The first-order chi connectivity index (χ1) is 9.13. The SMILES string of the molecule is CCC(CC)C(=O)NC(CC)C(=O)N1CCNCC1. The first-order valence-corrected chi connectivity index (χ1v) is 7.43. The molecule has 0 spiro atoms. The number of hydrogen-bond donors (Lipinski definition) is 2. The van der Waals surface area contributed by atoms with Crippen LogP contribution in [0.25, 0.3) is 0 Å². The summed E-state index contributed by atoms with van der Waals surface area (Å²) in [6.45, 7) is 9.09. The Morgan fingerprint density at radius 1 is 1.11 bits per heavy atom. The average molecular weight is 269 g/mol. The lowest BCUT2D eigenvalue weighted by Crippen LogP contribution is -2.54. The van der Waals surface area contributed by atoms with Gasteiger partial charge in [-0.2, -0.15) is 0 Å². The van der Waals surface area contributed by atoms with Crippen molar-refractivity contribution in [3.05, 3.63) is 0 Å². The average Bonchev–Trinajstić information content (AvgIpc) is 2.46. The second kappa shape index (κ2) is 8.15. The molecule has 1 aliphatic heterocycles. The van der Waals surface area contributed by atoms with Crippen LogP contribution >= 0.6 is 0 Å². The van der Waals surface area contributed by atoms with Crippen molar-refractivity contribution >= 4 is 11.8 Å². The van der Waals surface area contributed by atoms with Crippen LogP contribution < -0.4 is 10.6 Å². The molecule has 19 heavy (non-hydrogen) atoms. The highest BCUT2D eigenvalue weighted by atomic mass is 16.2. The smallest absolute Gasteiger partial charge is 0.245 e. The molecular formula is C14H27N3O2. The Morgan fingerprint density at radius 3 is 2.16 bits per heavy atom. The summed E-state index contributed by atoms with van der Waals surface area (Å²) < 4.78 is 0. The van der Waals surface area contributed by atoms with E-state index >= 15 is 0 Å². The zero-order valence-electron chi connectivity index (χ0n) is 12.4. The third kappa shape index (κ3) is 4.49. The summed E-state index contributed by atoms with van der Waals surface area (Å²) in [4.78, 5) is 26.3. The van der Waals surface area contributed by atoms with Crippen LogP contribution in [0.2, 0.25) is 0 Å². The first-order valence-electron chi connectivity index (χ1n) is 7.43. The number of hydrogen-bond acceptors (Lipinski definition) is 3. The van der Waals surface area contributed by atoms with Gasteiger partial charge in [-0.1, -0.05) is 20.8 Å². The van der Waals surface area contributed by atoms with Crippen LogP contribution in [-0.4, -0.2) is 48.9 Å². The topological polar surface area (TPSA) is 61.4 Å². The molecule has 0 aromatic carbocycles. The van der Waals surface area contributed by atoms with Crippen LogP contribution in [0.15, 0.2) is 0 Å². The van der Waals surface area contributed by atoms with Crippen LogP contribution in [-0.2, 0) is 9.59 Å². The number of amides is 2. The van der Waals surface area contributed by atoms with E-state index in [4.69, 9.17) is 0 Å². The van der Waals surface area contributed by atoms with Gasteiger partial charge < -0.3 is 15.5 Å². The van der Waals surface area contributed by atoms with Gasteiger partial charge in [-0.25, -0.2) is 0 Å². The van der Waals surface area contributed by atoms with Crippen LogP contribution in [0, 0.1) is 5.92 Å². The van der Waals surface area contributed by atoms with Gasteiger partial charge in [0.05, 0.1) is 0 Å². The van der Waals surface area contributed by atoms with Gasteiger partial charge in [0.1, 0.15) is 6.04 Å². The molecule has 1 unspecified atom stereocenters. The molecule has 1 aliphatic rings. The zero-order valence-corrected chi connectivity index (χ0v) is 12.4. The molecule has 5 nitrogen and oxygen atoms in total. The van der Waals surface area contributed by atoms with E-state index in [9.17, 15) is 9.59 Å². The fraction of sp³-hybridized carbons (Fsp3) is 0.857. The van der Waals surface area contributed by atoms with Crippen LogP contribution in [0.4, 0.5) is 0 Å². The maximum Gasteiger partial charge on any atom is 0.245 e. The van der Waals surface area contributed by atoms with E-state index < -0.39 is 0 Å². The van der Waals surface area contributed by atoms with Crippen molar-refractivity contribution in [1.29, 1.82) is 0 Å². The summed E-state index contributed by atoms with van der Waals surface area (Å²) in [6.07, 6.45) is 2.29. The largest absolute Gasteiger partial charge is 0.344 e. The van der Waals surface area contributed by atoms with Gasteiger partial charge in [-0.15, -0.1) is 0 Å². The molecule has 0 aliphatic carbocycles. The van der Waals surface area contributed by atoms with Gasteiger partial charge in [0.25, 0.3) is 0 Å². The molecule has 2 amide bonds. The maximum atomic E-state index is 12.3. The summed E-state index contributed by atoms with van der Waals surface area (Å²) in [5.41, 5.74) is 0. The van der Waals surface area contributed by atoms with Crippen molar-refractivity contribution in [2.24, 2.45) is 5.92 Å². The number of nitrogens with one attached hydrogen (secondary N) is 2. The van der Waals surface area contributed by atoms with Crippen LogP contribution in [0.5, 0.6) is 0 Å². The second-order valence-electron chi connectivity index (χ2n) is 5.06. The number of carbonyl (C=O) groups excluding carboxylic acids is 2. The molecule has 1 saturated heterocycles. The van der Waals surface area contributed by atoms with E-state index in [1.165, 1.54) is 0 Å². The van der Waals surface area contributed by atoms with E-state index in [0.717, 1.165) is 39.0 Å². The third-order valence-electron chi connectivity index (χ3n) is 3.81. The Bertz CT molecular complexity index is 297. The highest BCUT2D eigenvalue weighted by Gasteiger charge is 2.27. The molecular weight excluding hydrogens is 242 g/mol. The van der Waals surface area contributed by atoms with Crippen molar-refractivity contribution in [2.75, 3.05) is 26.2 Å². The summed E-state index contributed by atoms with van der Waals surface area (Å²) in [7, 11) is 0. The van der Waals surface area contributed by atoms with Crippen molar-refractivity contribution in [1.82, 2.24) is 15.5 Å². The number of carbonyl (C=O) groups is 2. The summed E-state index contributed by atoms with van der Waals surface area (Å²) >= 11 is 0. The molecule has 5 heteroatoms. The Kier molecular flexibility index (Phi) is 6.84. The first kappa shape index (κ1) is 16.0. The highest BCUT2D eigenvalue weighted by molar-refractivity contribution is 5.88. The summed E-state index contributed by atoms with van der Waals surface area (Å²) in [5, 5.41) is 6.14. The molecule has 1 heterocycles. The molecule has 1 fully saturated rings. The van der Waals surface area contributed by atoms with Gasteiger partial charge >= 0.3 is 0 Å². The van der Waals surface area contributed by atoms with Crippen molar-refractivity contribution in [3.63, 3.8) is 0 Å². The minimum Gasteiger partial charge on any atom is -0.344 e. The Hall–Kier alpha value is -1.10. The van der Waals surface area contributed by atoms with E-state index in [2.05, 4.69) is 10.6 Å². The Balaban J connectivity index is 2.56. The molecule has 2 N–H and O–H groups in total. The van der Waals surface area contributed by atoms with E-state index in [0.29, 0.717) is 6.42 Å². The quantitative estimate of drug-likeness (QED) is 0.748. The third-order valence-corrected chi connectivity index (χ3v) is 3.81. The lowest BCUT2D eigenvalue weighted by Gasteiger charge is -2.31. The minimum absolute atomic E-state index is 0.0142. The van der Waals surface area contributed by atoms with Gasteiger partial charge in [-0.05, 0) is 19.3 Å². The summed E-state index contributed by atoms with van der Waals surface area (Å²) in [5.74, 6) is 0.0912. The van der Waals surface area contributed by atoms with Crippen molar-refractivity contribution in [2.45, 2.75) is 46.1 Å². The van der Waals surface area contributed by atoms with Gasteiger partial charge in [0.2, 0.25) is 11.8 Å². The van der Waals surface area contributed by atoms with Crippen LogP contribution in [0.1, 0.15) is 40.0 Å². The Morgan fingerprint density at radius 2 is 1.68 bits per heavy atom. The fourth-order valence-corrected chi connectivity index (χ4v) is 2.39. The predicted molar refractivity (Wildman–Crippen MR) is 75.7 cm³/mol. The molecule has 110 valence electrons. The van der Waals surface area contributed by atoms with Gasteiger partial charge in [-0.3, -0.25) is 9.59 Å². The number of rotatable bonds is 6. The van der Waals surface area contributed by atoms with E-state index in [1.54, 1.807) is 0 Å². The summed E-state index contributed by atoms with van der Waals surface area (Å²) in [6, 6.07) is -0.369. The second-order valence-corrected chi connectivity index (χ2v) is 5.06. The van der Waals surface area contributed by atoms with E-state index in [1.807, 2.05) is 25.7 Å². The molecule has 0 aromatic heterocycles. The van der Waals surface area contributed by atoms with Crippen LogP contribution in [0.3, 0.4) is 0 Å². The minimum atomic E-state index is -0.369. The van der Waals surface area contributed by atoms with Crippen molar-refractivity contribution in [3.8, 4) is 0 Å². The molecule has 0 saturated carbocycles. The lowest BCUT2D eigenvalue weighted by atomic mass is 10.0. The van der Waals surface area contributed by atoms with Crippen molar-refractivity contribution < 1.29 is 9.59 Å². The van der Waals surface area contributed by atoms with E-state index in [-0.39, 0.29) is 23.8 Å². The maximum absolute atomic E-state index is 12.3. The molecule has 1 rings (SSSR count). The Labute approximate surface area is 116 Å². The number of nitrogens with zero attached hydrogens (tertiary/aromatic N) is 1. The standard InChI is InChI=1S/C14H27N3O2/c1-4-11(5-2)13(18)16-12(6-3)14(19)17-9-7-15-8-10-17/h11-12,15H,4-10H2,1-3H3,(H,16,18). The predicted octanol–water partition coefficient (Wildman–Crippen LogP) is 0.749. The highest BCUT2D eigenvalue weighted by Crippen LogP contribution is 2.09. The lowest BCUT2D eigenvalue weighted by molar-refractivity contribution is -0.138. The zero-order chi connectivity index (χ0) is 14.3. The van der Waals surface area contributed by atoms with Gasteiger partial charge in [0, 0.05) is 32.1 Å². The fourth-order valence-electron chi connectivity index (χ4n) is 2.39. The monoisotopic (exact) mass is 269 g/mol. The normalized spacial score (nSPS) is 17.4.